The summed E-state index contributed by atoms with van der Waals surface area (Å²) in [6, 6.07) is 14.0. The molecule has 0 saturated heterocycles. The molecular formula is C16H12N3NaO4. The molecule has 0 heterocycles. The average Bonchev–Trinajstić information content (AvgIpc) is 2.55. The summed E-state index contributed by atoms with van der Waals surface area (Å²) in [5.41, 5.74) is -0.0283. The maximum atomic E-state index is 10.8. The summed E-state index contributed by atoms with van der Waals surface area (Å²) in [4.78, 5) is 10.2. The van der Waals surface area contributed by atoms with E-state index in [0.717, 1.165) is 11.5 Å². The Hall–Kier alpha value is -2.48. The van der Waals surface area contributed by atoms with E-state index in [-0.39, 0.29) is 59.5 Å². The summed E-state index contributed by atoms with van der Waals surface area (Å²) in [6.07, 6.45) is 0. The predicted octanol–water partition coefficient (Wildman–Crippen LogP) is 1.69. The van der Waals surface area contributed by atoms with Crippen molar-refractivity contribution < 1.29 is 46.1 Å². The Balaban J connectivity index is 0.00000156. The van der Waals surface area contributed by atoms with Gasteiger partial charge in [-0.2, -0.15) is 0 Å². The molecule has 0 atom stereocenters. The number of rotatable bonds is 3. The minimum Gasteiger partial charge on any atom is -1.00 e. The molecule has 3 aromatic carbocycles. The average molecular weight is 333 g/mol. The van der Waals surface area contributed by atoms with Gasteiger partial charge in [0.15, 0.2) is 0 Å². The first-order valence-corrected chi connectivity index (χ1v) is 6.66. The Kier molecular flexibility index (Phi) is 5.50. The topological polar surface area (TPSA) is 108 Å². The van der Waals surface area contributed by atoms with Crippen LogP contribution in [0.5, 0.6) is 11.5 Å². The van der Waals surface area contributed by atoms with Gasteiger partial charge in [0.2, 0.25) is 0 Å². The summed E-state index contributed by atoms with van der Waals surface area (Å²) >= 11 is 0. The molecule has 0 aliphatic carbocycles. The molecule has 116 valence electrons. The molecule has 3 rings (SSSR count). The van der Waals surface area contributed by atoms with Gasteiger partial charge in [0.05, 0.1) is 4.92 Å². The van der Waals surface area contributed by atoms with Crippen molar-refractivity contribution >= 4 is 27.8 Å². The van der Waals surface area contributed by atoms with Gasteiger partial charge in [-0.15, -0.1) is 10.2 Å². The van der Waals surface area contributed by atoms with Gasteiger partial charge in [0.25, 0.3) is 5.69 Å². The van der Waals surface area contributed by atoms with Crippen LogP contribution in [0.3, 0.4) is 0 Å². The molecule has 0 saturated carbocycles. The minimum absolute atomic E-state index is 0. The smallest absolute Gasteiger partial charge is 1.00 e. The first-order valence-electron chi connectivity index (χ1n) is 6.66. The van der Waals surface area contributed by atoms with Crippen LogP contribution in [0.25, 0.3) is 10.8 Å². The SMILES string of the molecule is O=[N+]([O-])c1ccc(O)c(N=Nc2c(O)ccc3ccccc23)c1.[H-].[Na+]. The monoisotopic (exact) mass is 333 g/mol. The molecule has 0 aromatic heterocycles. The second kappa shape index (κ2) is 7.39. The van der Waals surface area contributed by atoms with E-state index in [4.69, 9.17) is 0 Å². The third kappa shape index (κ3) is 3.53. The zero-order valence-corrected chi connectivity index (χ0v) is 14.7. The quantitative estimate of drug-likeness (QED) is 0.329. The van der Waals surface area contributed by atoms with E-state index in [0.29, 0.717) is 5.39 Å². The van der Waals surface area contributed by atoms with Crippen molar-refractivity contribution in [2.24, 2.45) is 10.2 Å². The van der Waals surface area contributed by atoms with E-state index in [1.54, 1.807) is 18.2 Å². The van der Waals surface area contributed by atoms with Crippen LogP contribution in [0.4, 0.5) is 17.1 Å². The normalized spacial score (nSPS) is 10.7. The van der Waals surface area contributed by atoms with Gasteiger partial charge in [-0.3, -0.25) is 10.1 Å². The molecule has 0 spiro atoms. The van der Waals surface area contributed by atoms with E-state index in [1.807, 2.05) is 12.1 Å². The van der Waals surface area contributed by atoms with E-state index in [2.05, 4.69) is 10.2 Å². The molecule has 24 heavy (non-hydrogen) atoms. The van der Waals surface area contributed by atoms with E-state index in [1.165, 1.54) is 18.2 Å². The number of nitrogens with zero attached hydrogens (tertiary/aromatic N) is 3. The fourth-order valence-electron chi connectivity index (χ4n) is 2.16. The van der Waals surface area contributed by atoms with Gasteiger partial charge in [0, 0.05) is 17.5 Å². The van der Waals surface area contributed by atoms with Gasteiger partial charge in [-0.1, -0.05) is 30.3 Å². The molecule has 8 heteroatoms. The number of benzene rings is 3. The number of phenols is 2. The molecule has 0 amide bonds. The second-order valence-electron chi connectivity index (χ2n) is 4.78. The van der Waals surface area contributed by atoms with Crippen LogP contribution >= 0.6 is 0 Å². The standard InChI is InChI=1S/C16H11N3O4.Na.H/c20-14-8-6-11(19(22)23)9-13(14)17-18-16-12-4-2-1-3-10(12)5-7-15(16)21;;/h1-9,20-21H;;/q;+1;-1. The van der Waals surface area contributed by atoms with Gasteiger partial charge in [-0.05, 0) is 17.5 Å². The van der Waals surface area contributed by atoms with Crippen LogP contribution in [0.1, 0.15) is 1.43 Å². The van der Waals surface area contributed by atoms with Crippen LogP contribution in [-0.4, -0.2) is 15.1 Å². The van der Waals surface area contributed by atoms with E-state index >= 15 is 0 Å². The molecule has 0 fully saturated rings. The van der Waals surface area contributed by atoms with Gasteiger partial charge < -0.3 is 11.6 Å². The number of non-ortho nitro benzene ring substituents is 1. The summed E-state index contributed by atoms with van der Waals surface area (Å²) in [5.74, 6) is -0.309. The van der Waals surface area contributed by atoms with Gasteiger partial charge in [-0.25, -0.2) is 0 Å². The second-order valence-corrected chi connectivity index (χ2v) is 4.78. The van der Waals surface area contributed by atoms with Crippen molar-refractivity contribution in [3.8, 4) is 11.5 Å². The summed E-state index contributed by atoms with van der Waals surface area (Å²) in [6.45, 7) is 0. The maximum Gasteiger partial charge on any atom is 1.00 e. The fourth-order valence-corrected chi connectivity index (χ4v) is 2.16. The first-order chi connectivity index (χ1) is 11.1. The zero-order chi connectivity index (χ0) is 16.4. The van der Waals surface area contributed by atoms with Crippen LogP contribution in [0.2, 0.25) is 0 Å². The third-order valence-corrected chi connectivity index (χ3v) is 3.31. The Labute approximate surface area is 160 Å². The molecule has 0 unspecified atom stereocenters. The number of phenolic OH excluding ortho intramolecular Hbond substituents is 2. The van der Waals surface area contributed by atoms with Crippen molar-refractivity contribution in [3.05, 3.63) is 64.7 Å². The largest absolute Gasteiger partial charge is 1.00 e. The first kappa shape index (κ1) is 17.9. The summed E-state index contributed by atoms with van der Waals surface area (Å²) in [7, 11) is 0. The van der Waals surface area contributed by atoms with Crippen LogP contribution in [0.15, 0.2) is 64.8 Å². The van der Waals surface area contributed by atoms with Crippen molar-refractivity contribution in [2.45, 2.75) is 0 Å². The van der Waals surface area contributed by atoms with Crippen molar-refractivity contribution in [1.82, 2.24) is 0 Å². The molecule has 7 nitrogen and oxygen atoms in total. The number of hydrogen-bond acceptors (Lipinski definition) is 6. The van der Waals surface area contributed by atoms with Crippen LogP contribution in [-0.2, 0) is 0 Å². The van der Waals surface area contributed by atoms with Crippen LogP contribution in [0, 0.1) is 10.1 Å². The van der Waals surface area contributed by atoms with Crippen molar-refractivity contribution in [3.63, 3.8) is 0 Å². The number of azo groups is 1. The van der Waals surface area contributed by atoms with Crippen molar-refractivity contribution in [1.29, 1.82) is 0 Å². The third-order valence-electron chi connectivity index (χ3n) is 3.31. The van der Waals surface area contributed by atoms with E-state index in [9.17, 15) is 20.3 Å². The summed E-state index contributed by atoms with van der Waals surface area (Å²) < 4.78 is 0. The number of fused-ring (bicyclic) bond motifs is 1. The summed E-state index contributed by atoms with van der Waals surface area (Å²) in [5, 5.41) is 39.8. The Morgan fingerprint density at radius 3 is 2.42 bits per heavy atom. The Morgan fingerprint density at radius 1 is 0.958 bits per heavy atom. The zero-order valence-electron chi connectivity index (χ0n) is 13.7. The number of aromatic hydroxyl groups is 2. The maximum absolute atomic E-state index is 10.8. The predicted molar refractivity (Wildman–Crippen MR) is 85.7 cm³/mol. The van der Waals surface area contributed by atoms with Gasteiger partial charge in [0.1, 0.15) is 22.9 Å². The molecule has 0 radical (unpaired) electrons. The molecule has 0 aliphatic rings. The number of hydrogen-bond donors (Lipinski definition) is 2. The van der Waals surface area contributed by atoms with Crippen molar-refractivity contribution in [2.75, 3.05) is 0 Å². The number of nitro groups is 1. The molecule has 3 aromatic rings. The minimum atomic E-state index is -0.589. The van der Waals surface area contributed by atoms with Crippen LogP contribution < -0.4 is 29.6 Å². The molecule has 2 N–H and O–H groups in total. The van der Waals surface area contributed by atoms with Gasteiger partial charge >= 0.3 is 29.6 Å². The molecule has 0 bridgehead atoms. The molecular weight excluding hydrogens is 321 g/mol. The number of nitro benzene ring substituents is 1. The fraction of sp³-hybridized carbons (Fsp3) is 0. The van der Waals surface area contributed by atoms with E-state index < -0.39 is 4.92 Å². The Morgan fingerprint density at radius 2 is 1.67 bits per heavy atom. The molecule has 0 aliphatic heterocycles. The Bertz CT molecular complexity index is 950.